The molecule has 3 rings (SSSR count). The van der Waals surface area contributed by atoms with Gasteiger partial charge in [0.25, 0.3) is 5.91 Å². The van der Waals surface area contributed by atoms with Gasteiger partial charge in [-0.3, -0.25) is 14.5 Å². The predicted molar refractivity (Wildman–Crippen MR) is 104 cm³/mol. The normalized spacial score (nSPS) is 15.0. The number of piperazine rings is 1. The third kappa shape index (κ3) is 5.64. The van der Waals surface area contributed by atoms with Gasteiger partial charge in [0.1, 0.15) is 0 Å². The van der Waals surface area contributed by atoms with E-state index in [1.54, 1.807) is 12.1 Å². The van der Waals surface area contributed by atoms with Crippen molar-refractivity contribution in [3.05, 3.63) is 51.8 Å². The van der Waals surface area contributed by atoms with Crippen LogP contribution in [-0.2, 0) is 11.3 Å². The van der Waals surface area contributed by atoms with Crippen LogP contribution in [0, 0.1) is 6.92 Å². The first-order valence-electron chi connectivity index (χ1n) is 8.97. The van der Waals surface area contributed by atoms with Gasteiger partial charge in [-0.25, -0.2) is 0 Å². The first-order valence-corrected chi connectivity index (χ1v) is 9.76. The van der Waals surface area contributed by atoms with Gasteiger partial charge in [-0.05, 0) is 31.2 Å². The minimum absolute atomic E-state index is 0.0706. The molecule has 1 aliphatic heterocycles. The molecule has 0 atom stereocenters. The predicted octanol–water partition coefficient (Wildman–Crippen LogP) is 2.21. The second-order valence-corrected chi connectivity index (χ2v) is 7.52. The van der Waals surface area contributed by atoms with Crippen LogP contribution in [0.3, 0.4) is 0 Å². The Hall–Kier alpha value is -2.19. The number of nitrogens with one attached hydrogen (secondary N) is 1. The van der Waals surface area contributed by atoms with E-state index in [0.29, 0.717) is 38.2 Å². The van der Waals surface area contributed by atoms with Crippen LogP contribution in [0.4, 0.5) is 0 Å². The molecule has 1 aliphatic rings. The van der Waals surface area contributed by atoms with Gasteiger partial charge in [-0.2, -0.15) is 0 Å². The Morgan fingerprint density at radius 3 is 2.52 bits per heavy atom. The molecule has 1 fully saturated rings. The highest BCUT2D eigenvalue weighted by Gasteiger charge is 2.21. The quantitative estimate of drug-likeness (QED) is 0.753. The molecular formula is C19H23BrN4O3. The highest BCUT2D eigenvalue weighted by atomic mass is 79.9. The molecule has 0 bridgehead atoms. The molecule has 1 aromatic heterocycles. The number of rotatable bonds is 6. The molecule has 1 N–H and O–H groups in total. The van der Waals surface area contributed by atoms with Gasteiger partial charge in [0, 0.05) is 55.2 Å². The summed E-state index contributed by atoms with van der Waals surface area (Å²) >= 11 is 3.34. The smallest absolute Gasteiger partial charge is 0.251 e. The summed E-state index contributed by atoms with van der Waals surface area (Å²) < 4.78 is 6.17. The molecule has 8 heteroatoms. The van der Waals surface area contributed by atoms with Gasteiger partial charge in [0.2, 0.25) is 5.91 Å². The SMILES string of the molecule is Cc1cc(CN2CCN(C(=O)CCNC(=O)c3ccc(Br)cc3)CC2)on1. The summed E-state index contributed by atoms with van der Waals surface area (Å²) in [5.74, 6) is 0.756. The third-order valence-electron chi connectivity index (χ3n) is 4.51. The number of carbonyl (C=O) groups is 2. The van der Waals surface area contributed by atoms with Crippen LogP contribution in [0.5, 0.6) is 0 Å². The summed E-state index contributed by atoms with van der Waals surface area (Å²) in [6, 6.07) is 9.07. The van der Waals surface area contributed by atoms with E-state index in [-0.39, 0.29) is 11.8 Å². The maximum atomic E-state index is 12.4. The second kappa shape index (κ2) is 9.14. The molecule has 1 aromatic carbocycles. The summed E-state index contributed by atoms with van der Waals surface area (Å²) in [5, 5.41) is 6.70. The van der Waals surface area contributed by atoms with Gasteiger partial charge in [0.15, 0.2) is 5.76 Å². The van der Waals surface area contributed by atoms with E-state index >= 15 is 0 Å². The molecule has 0 aliphatic carbocycles. The summed E-state index contributed by atoms with van der Waals surface area (Å²) in [5.41, 5.74) is 1.46. The van der Waals surface area contributed by atoms with Crippen molar-refractivity contribution in [1.29, 1.82) is 0 Å². The number of hydrogen-bond acceptors (Lipinski definition) is 5. The molecule has 2 heterocycles. The van der Waals surface area contributed by atoms with Gasteiger partial charge in [0.05, 0.1) is 12.2 Å². The van der Waals surface area contributed by atoms with Crippen LogP contribution in [0.25, 0.3) is 0 Å². The van der Waals surface area contributed by atoms with Crippen molar-refractivity contribution in [3.63, 3.8) is 0 Å². The van der Waals surface area contributed by atoms with Crippen LogP contribution < -0.4 is 5.32 Å². The summed E-state index contributed by atoms with van der Waals surface area (Å²) in [4.78, 5) is 28.5. The monoisotopic (exact) mass is 434 g/mol. The van der Waals surface area contributed by atoms with Crippen molar-refractivity contribution in [2.24, 2.45) is 0 Å². The average Bonchev–Trinajstić information content (AvgIpc) is 3.07. The summed E-state index contributed by atoms with van der Waals surface area (Å²) in [6.07, 6.45) is 0.309. The maximum Gasteiger partial charge on any atom is 0.251 e. The Kier molecular flexibility index (Phi) is 6.63. The molecule has 2 aromatic rings. The van der Waals surface area contributed by atoms with Crippen LogP contribution in [0.15, 0.2) is 39.3 Å². The minimum atomic E-state index is -0.164. The fraction of sp³-hybridized carbons (Fsp3) is 0.421. The molecule has 0 saturated carbocycles. The van der Waals surface area contributed by atoms with E-state index in [1.807, 2.05) is 30.0 Å². The number of carbonyl (C=O) groups excluding carboxylic acids is 2. The average molecular weight is 435 g/mol. The maximum absolute atomic E-state index is 12.4. The van der Waals surface area contributed by atoms with E-state index in [4.69, 9.17) is 4.52 Å². The number of hydrogen-bond donors (Lipinski definition) is 1. The molecule has 27 heavy (non-hydrogen) atoms. The van der Waals surface area contributed by atoms with Crippen LogP contribution in [-0.4, -0.2) is 59.5 Å². The van der Waals surface area contributed by atoms with Crippen molar-refractivity contribution >= 4 is 27.7 Å². The van der Waals surface area contributed by atoms with Crippen LogP contribution in [0.1, 0.15) is 28.2 Å². The molecule has 0 spiro atoms. The molecular weight excluding hydrogens is 412 g/mol. The number of aryl methyl sites for hydroxylation is 1. The number of amides is 2. The summed E-state index contributed by atoms with van der Waals surface area (Å²) in [6.45, 7) is 5.93. The zero-order valence-corrected chi connectivity index (χ0v) is 16.9. The second-order valence-electron chi connectivity index (χ2n) is 6.60. The third-order valence-corrected chi connectivity index (χ3v) is 5.04. The lowest BCUT2D eigenvalue weighted by atomic mass is 10.2. The lowest BCUT2D eigenvalue weighted by molar-refractivity contribution is -0.132. The zero-order valence-electron chi connectivity index (χ0n) is 15.3. The molecule has 0 unspecified atom stereocenters. The van der Waals surface area contributed by atoms with Crippen LogP contribution >= 0.6 is 15.9 Å². The van der Waals surface area contributed by atoms with Crippen LogP contribution in [0.2, 0.25) is 0 Å². The van der Waals surface area contributed by atoms with Gasteiger partial charge in [-0.1, -0.05) is 21.1 Å². The molecule has 2 amide bonds. The topological polar surface area (TPSA) is 78.7 Å². The Morgan fingerprint density at radius 2 is 1.89 bits per heavy atom. The lowest BCUT2D eigenvalue weighted by Crippen LogP contribution is -2.48. The first kappa shape index (κ1) is 19.6. The fourth-order valence-corrected chi connectivity index (χ4v) is 3.28. The van der Waals surface area contributed by atoms with Crippen molar-refractivity contribution in [3.8, 4) is 0 Å². The molecule has 0 radical (unpaired) electrons. The molecule has 1 saturated heterocycles. The standard InChI is InChI=1S/C19H23BrN4O3/c1-14-12-17(27-22-14)13-23-8-10-24(11-9-23)18(25)6-7-21-19(26)15-2-4-16(20)5-3-15/h2-5,12H,6-11,13H2,1H3,(H,21,26). The number of halogens is 1. The van der Waals surface area contributed by atoms with E-state index in [2.05, 4.69) is 31.3 Å². The van der Waals surface area contributed by atoms with Gasteiger partial charge in [-0.15, -0.1) is 0 Å². The number of aromatic nitrogens is 1. The Balaban J connectivity index is 1.36. The van der Waals surface area contributed by atoms with E-state index in [0.717, 1.165) is 29.0 Å². The van der Waals surface area contributed by atoms with Gasteiger partial charge >= 0.3 is 0 Å². The summed E-state index contributed by atoms with van der Waals surface area (Å²) in [7, 11) is 0. The Labute approximate surface area is 166 Å². The van der Waals surface area contributed by atoms with Gasteiger partial charge < -0.3 is 14.7 Å². The highest BCUT2D eigenvalue weighted by molar-refractivity contribution is 9.10. The van der Waals surface area contributed by atoms with E-state index < -0.39 is 0 Å². The van der Waals surface area contributed by atoms with Crippen molar-refractivity contribution < 1.29 is 14.1 Å². The minimum Gasteiger partial charge on any atom is -0.360 e. The molecule has 144 valence electrons. The van der Waals surface area contributed by atoms with Crippen molar-refractivity contribution in [2.75, 3.05) is 32.7 Å². The zero-order chi connectivity index (χ0) is 19.2. The Morgan fingerprint density at radius 1 is 1.19 bits per heavy atom. The van der Waals surface area contributed by atoms with E-state index in [9.17, 15) is 9.59 Å². The highest BCUT2D eigenvalue weighted by Crippen LogP contribution is 2.11. The fourth-order valence-electron chi connectivity index (χ4n) is 3.01. The number of nitrogens with zero attached hydrogens (tertiary/aromatic N) is 3. The largest absolute Gasteiger partial charge is 0.360 e. The molecule has 7 nitrogen and oxygen atoms in total. The first-order chi connectivity index (χ1) is 13.0. The Bertz CT molecular complexity index is 783. The lowest BCUT2D eigenvalue weighted by Gasteiger charge is -2.34. The van der Waals surface area contributed by atoms with Crippen molar-refractivity contribution in [1.82, 2.24) is 20.3 Å². The number of benzene rings is 1. The van der Waals surface area contributed by atoms with E-state index in [1.165, 1.54) is 0 Å². The van der Waals surface area contributed by atoms with Crippen molar-refractivity contribution in [2.45, 2.75) is 19.9 Å².